The second-order valence-electron chi connectivity index (χ2n) is 4.79. The molecule has 88 valence electrons. The summed E-state index contributed by atoms with van der Waals surface area (Å²) in [6, 6.07) is 8.61. The maximum Gasteiger partial charge on any atom is 0.0502 e. The third-order valence-corrected chi connectivity index (χ3v) is 3.66. The van der Waals surface area contributed by atoms with E-state index in [-0.39, 0.29) is 6.61 Å². The smallest absolute Gasteiger partial charge is 0.0502 e. The van der Waals surface area contributed by atoms with Gasteiger partial charge < -0.3 is 10.4 Å². The van der Waals surface area contributed by atoms with Gasteiger partial charge in [-0.15, -0.1) is 0 Å². The van der Waals surface area contributed by atoms with Crippen LogP contribution in [0.4, 0.5) is 0 Å². The van der Waals surface area contributed by atoms with Crippen molar-refractivity contribution in [1.29, 1.82) is 0 Å². The van der Waals surface area contributed by atoms with Crippen molar-refractivity contribution in [2.24, 2.45) is 5.92 Å². The Hall–Kier alpha value is -0.860. The van der Waals surface area contributed by atoms with E-state index in [1.807, 2.05) is 0 Å². The Balaban J connectivity index is 2.11. The molecule has 0 bridgehead atoms. The largest absolute Gasteiger partial charge is 0.396 e. The van der Waals surface area contributed by atoms with Crippen molar-refractivity contribution in [3.05, 3.63) is 35.4 Å². The lowest BCUT2D eigenvalue weighted by molar-refractivity contribution is 0.201. The van der Waals surface area contributed by atoms with E-state index >= 15 is 0 Å². The highest BCUT2D eigenvalue weighted by molar-refractivity contribution is 5.25. The van der Waals surface area contributed by atoms with Crippen LogP contribution in [-0.4, -0.2) is 24.8 Å². The Bertz CT molecular complexity index is 314. The van der Waals surface area contributed by atoms with Gasteiger partial charge >= 0.3 is 0 Å². The SMILES string of the molecule is Cc1ccc(C(CO)C2CCNCC2)cc1. The molecule has 16 heavy (non-hydrogen) atoms. The fourth-order valence-corrected chi connectivity index (χ4v) is 2.59. The van der Waals surface area contributed by atoms with Crippen LogP contribution in [0.1, 0.15) is 29.9 Å². The summed E-state index contributed by atoms with van der Waals surface area (Å²) in [4.78, 5) is 0. The van der Waals surface area contributed by atoms with Crippen LogP contribution in [0.2, 0.25) is 0 Å². The molecule has 1 fully saturated rings. The number of hydrogen-bond donors (Lipinski definition) is 2. The van der Waals surface area contributed by atoms with E-state index in [2.05, 4.69) is 36.5 Å². The van der Waals surface area contributed by atoms with Crippen LogP contribution < -0.4 is 5.32 Å². The van der Waals surface area contributed by atoms with Gasteiger partial charge in [-0.2, -0.15) is 0 Å². The van der Waals surface area contributed by atoms with Gasteiger partial charge in [0.2, 0.25) is 0 Å². The summed E-state index contributed by atoms with van der Waals surface area (Å²) in [5.74, 6) is 0.955. The van der Waals surface area contributed by atoms with Crippen molar-refractivity contribution in [3.8, 4) is 0 Å². The molecule has 1 unspecified atom stereocenters. The maximum absolute atomic E-state index is 9.58. The number of hydrogen-bond acceptors (Lipinski definition) is 2. The predicted octanol–water partition coefficient (Wildman–Crippen LogP) is 2.07. The third kappa shape index (κ3) is 2.63. The molecule has 0 saturated carbocycles. The molecule has 1 aromatic carbocycles. The number of nitrogens with one attached hydrogen (secondary N) is 1. The summed E-state index contributed by atoms with van der Waals surface area (Å²) >= 11 is 0. The van der Waals surface area contributed by atoms with E-state index in [1.54, 1.807) is 0 Å². The van der Waals surface area contributed by atoms with Crippen molar-refractivity contribution in [3.63, 3.8) is 0 Å². The highest BCUT2D eigenvalue weighted by Crippen LogP contribution is 2.30. The van der Waals surface area contributed by atoms with Gasteiger partial charge in [0, 0.05) is 5.92 Å². The van der Waals surface area contributed by atoms with Gasteiger partial charge in [0.15, 0.2) is 0 Å². The summed E-state index contributed by atoms with van der Waals surface area (Å²) in [6.07, 6.45) is 2.36. The van der Waals surface area contributed by atoms with Gasteiger partial charge in [0.1, 0.15) is 0 Å². The minimum Gasteiger partial charge on any atom is -0.396 e. The van der Waals surface area contributed by atoms with Gasteiger partial charge in [0.25, 0.3) is 0 Å². The van der Waals surface area contributed by atoms with Crippen LogP contribution in [0, 0.1) is 12.8 Å². The molecule has 2 heteroatoms. The topological polar surface area (TPSA) is 32.3 Å². The summed E-state index contributed by atoms with van der Waals surface area (Å²) in [7, 11) is 0. The summed E-state index contributed by atoms with van der Waals surface area (Å²) in [5, 5.41) is 13.0. The number of aliphatic hydroxyl groups excluding tert-OH is 1. The van der Waals surface area contributed by atoms with Gasteiger partial charge in [0.05, 0.1) is 6.61 Å². The lowest BCUT2D eigenvalue weighted by atomic mass is 9.81. The summed E-state index contributed by atoms with van der Waals surface area (Å²) in [6.45, 7) is 4.55. The second kappa shape index (κ2) is 5.46. The normalized spacial score (nSPS) is 19.6. The standard InChI is InChI=1S/C14H21NO/c1-11-2-4-12(5-3-11)14(10-16)13-6-8-15-9-7-13/h2-5,13-16H,6-10H2,1H3. The van der Waals surface area contributed by atoms with Crippen LogP contribution in [0.3, 0.4) is 0 Å². The molecule has 1 atom stereocenters. The van der Waals surface area contributed by atoms with Crippen molar-refractivity contribution < 1.29 is 5.11 Å². The molecule has 1 aliphatic rings. The maximum atomic E-state index is 9.58. The molecule has 2 rings (SSSR count). The fraction of sp³-hybridized carbons (Fsp3) is 0.571. The quantitative estimate of drug-likeness (QED) is 0.815. The molecule has 2 N–H and O–H groups in total. The number of piperidine rings is 1. The van der Waals surface area contributed by atoms with Gasteiger partial charge in [-0.25, -0.2) is 0 Å². The molecule has 0 amide bonds. The molecule has 0 aromatic heterocycles. The summed E-state index contributed by atoms with van der Waals surface area (Å²) in [5.41, 5.74) is 2.57. The molecule has 1 aromatic rings. The van der Waals surface area contributed by atoms with E-state index in [0.29, 0.717) is 11.8 Å². The zero-order valence-corrected chi connectivity index (χ0v) is 9.95. The molecule has 1 saturated heterocycles. The highest BCUT2D eigenvalue weighted by atomic mass is 16.3. The average Bonchev–Trinajstić information content (AvgIpc) is 2.34. The Morgan fingerprint density at radius 1 is 1.25 bits per heavy atom. The second-order valence-corrected chi connectivity index (χ2v) is 4.79. The first-order valence-electron chi connectivity index (χ1n) is 6.19. The molecule has 1 heterocycles. The average molecular weight is 219 g/mol. The molecule has 0 aliphatic carbocycles. The fourth-order valence-electron chi connectivity index (χ4n) is 2.59. The number of aliphatic hydroxyl groups is 1. The van der Waals surface area contributed by atoms with E-state index in [4.69, 9.17) is 0 Å². The van der Waals surface area contributed by atoms with Gasteiger partial charge in [-0.3, -0.25) is 0 Å². The number of rotatable bonds is 3. The highest BCUT2D eigenvalue weighted by Gasteiger charge is 2.23. The minimum absolute atomic E-state index is 0.272. The van der Waals surface area contributed by atoms with E-state index in [0.717, 1.165) is 13.1 Å². The zero-order chi connectivity index (χ0) is 11.4. The zero-order valence-electron chi connectivity index (χ0n) is 9.95. The predicted molar refractivity (Wildman–Crippen MR) is 66.6 cm³/mol. The third-order valence-electron chi connectivity index (χ3n) is 3.66. The van der Waals surface area contributed by atoms with E-state index < -0.39 is 0 Å². The van der Waals surface area contributed by atoms with Crippen molar-refractivity contribution in [2.75, 3.05) is 19.7 Å². The first-order valence-corrected chi connectivity index (χ1v) is 6.19. The molecule has 1 aliphatic heterocycles. The lowest BCUT2D eigenvalue weighted by Crippen LogP contribution is -2.32. The first-order chi connectivity index (χ1) is 7.81. The molecular weight excluding hydrogens is 198 g/mol. The van der Waals surface area contributed by atoms with Crippen molar-refractivity contribution in [2.45, 2.75) is 25.7 Å². The van der Waals surface area contributed by atoms with Crippen molar-refractivity contribution in [1.82, 2.24) is 5.32 Å². The minimum atomic E-state index is 0.272. The first kappa shape index (κ1) is 11.6. The molecular formula is C14H21NO. The van der Waals surface area contributed by atoms with Crippen LogP contribution in [-0.2, 0) is 0 Å². The Labute approximate surface area is 97.7 Å². The van der Waals surface area contributed by atoms with Crippen LogP contribution in [0.15, 0.2) is 24.3 Å². The number of benzene rings is 1. The van der Waals surface area contributed by atoms with Crippen LogP contribution in [0.5, 0.6) is 0 Å². The van der Waals surface area contributed by atoms with Crippen LogP contribution in [0.25, 0.3) is 0 Å². The van der Waals surface area contributed by atoms with Gasteiger partial charge in [-0.1, -0.05) is 29.8 Å². The molecule has 0 spiro atoms. The Morgan fingerprint density at radius 2 is 1.88 bits per heavy atom. The Kier molecular flexibility index (Phi) is 3.97. The van der Waals surface area contributed by atoms with Crippen LogP contribution >= 0.6 is 0 Å². The van der Waals surface area contributed by atoms with E-state index in [9.17, 15) is 5.11 Å². The number of aryl methyl sites for hydroxylation is 1. The Morgan fingerprint density at radius 3 is 2.44 bits per heavy atom. The summed E-state index contributed by atoms with van der Waals surface area (Å²) < 4.78 is 0. The van der Waals surface area contributed by atoms with E-state index in [1.165, 1.54) is 24.0 Å². The van der Waals surface area contributed by atoms with Gasteiger partial charge in [-0.05, 0) is 44.3 Å². The monoisotopic (exact) mass is 219 g/mol. The van der Waals surface area contributed by atoms with Crippen molar-refractivity contribution >= 4 is 0 Å². The lowest BCUT2D eigenvalue weighted by Gasteiger charge is -2.29. The molecule has 0 radical (unpaired) electrons. The molecule has 2 nitrogen and oxygen atoms in total.